The van der Waals surface area contributed by atoms with Gasteiger partial charge in [-0.3, -0.25) is 14.4 Å². The van der Waals surface area contributed by atoms with Crippen LogP contribution in [-0.4, -0.2) is 74.1 Å². The van der Waals surface area contributed by atoms with Crippen LogP contribution in [0.3, 0.4) is 0 Å². The van der Waals surface area contributed by atoms with E-state index in [4.69, 9.17) is 15.2 Å². The maximum Gasteiger partial charge on any atom is 0.333 e. The Balaban J connectivity index is 0.00000385. The van der Waals surface area contributed by atoms with Gasteiger partial charge in [0.25, 0.3) is 0 Å². The fraction of sp³-hybridized carbons (Fsp3) is 0.545. The normalized spacial score (nSPS) is 22.6. The molecule has 2 aliphatic rings. The van der Waals surface area contributed by atoms with E-state index in [0.717, 1.165) is 0 Å². The third kappa shape index (κ3) is 6.49. The molecule has 2 heterocycles. The van der Waals surface area contributed by atoms with Gasteiger partial charge in [-0.2, -0.15) is 0 Å². The van der Waals surface area contributed by atoms with Crippen molar-refractivity contribution < 1.29 is 45.1 Å². The smallest absolute Gasteiger partial charge is 0.333 e. The van der Waals surface area contributed by atoms with Gasteiger partial charge >= 0.3 is 11.9 Å². The molecule has 0 unspecified atom stereocenters. The van der Waals surface area contributed by atoms with Crippen molar-refractivity contribution in [2.24, 2.45) is 11.1 Å². The second-order valence-corrected chi connectivity index (χ2v) is 11.2. The number of β-lactam (4-membered cyclic amide) rings is 1. The molecule has 35 heavy (non-hydrogen) atoms. The number of esters is 2. The second-order valence-electron chi connectivity index (χ2n) is 9.40. The Morgan fingerprint density at radius 2 is 1.69 bits per heavy atom. The third-order valence-electron chi connectivity index (χ3n) is 5.41. The summed E-state index contributed by atoms with van der Waals surface area (Å²) in [5, 5.41) is 2.29. The number of thioether (sulfide) groups is 1. The molecule has 0 saturated carbocycles. The van der Waals surface area contributed by atoms with Gasteiger partial charge < -0.3 is 41.9 Å². The van der Waals surface area contributed by atoms with Crippen molar-refractivity contribution in [1.82, 2.24) is 10.2 Å². The molecule has 198 valence electrons. The summed E-state index contributed by atoms with van der Waals surface area (Å²) in [5.74, 6) is -2.00. The highest BCUT2D eigenvalue weighted by Gasteiger charge is 2.64. The summed E-state index contributed by atoms with van der Waals surface area (Å²) in [6.07, 6.45) is 0. The van der Waals surface area contributed by atoms with Crippen LogP contribution in [0.1, 0.15) is 46.2 Å². The SMILES string of the molecule is CC(C)(C)C(=O)OCOC(=O)[C@@H]1N2C(=O)[C@@H](NC(=O)[C@H](N)c3ccccc3)[C@H]2SC1(C)C.O.O.O. The lowest BCUT2D eigenvalue weighted by Gasteiger charge is -2.44. The molecule has 3 rings (SSSR count). The van der Waals surface area contributed by atoms with Crippen LogP contribution in [0.2, 0.25) is 0 Å². The summed E-state index contributed by atoms with van der Waals surface area (Å²) in [7, 11) is 0. The van der Waals surface area contributed by atoms with E-state index in [2.05, 4.69) is 5.32 Å². The Morgan fingerprint density at radius 3 is 2.23 bits per heavy atom. The average molecular weight is 518 g/mol. The molecule has 1 aromatic rings. The van der Waals surface area contributed by atoms with Crippen LogP contribution >= 0.6 is 11.8 Å². The van der Waals surface area contributed by atoms with Gasteiger partial charge in [-0.25, -0.2) is 4.79 Å². The van der Waals surface area contributed by atoms with Gasteiger partial charge in [0.05, 0.1) is 5.41 Å². The molecule has 0 radical (unpaired) electrons. The molecule has 4 atom stereocenters. The fourth-order valence-electron chi connectivity index (χ4n) is 3.62. The number of nitrogens with zero attached hydrogens (tertiary/aromatic N) is 1. The third-order valence-corrected chi connectivity index (χ3v) is 6.98. The molecular formula is C22H35N3O9S. The molecule has 0 spiro atoms. The fourth-order valence-corrected chi connectivity index (χ4v) is 5.24. The lowest BCUT2D eigenvalue weighted by Crippen LogP contribution is -2.71. The maximum atomic E-state index is 12.8. The van der Waals surface area contributed by atoms with E-state index in [1.54, 1.807) is 45.0 Å². The van der Waals surface area contributed by atoms with Gasteiger partial charge in [-0.15, -0.1) is 11.8 Å². The predicted molar refractivity (Wildman–Crippen MR) is 129 cm³/mol. The van der Waals surface area contributed by atoms with E-state index in [9.17, 15) is 19.2 Å². The summed E-state index contributed by atoms with van der Waals surface area (Å²) in [6, 6.07) is 6.31. The van der Waals surface area contributed by atoms with E-state index >= 15 is 0 Å². The number of fused-ring (bicyclic) bond motifs is 1. The minimum atomic E-state index is -0.907. The van der Waals surface area contributed by atoms with Crippen molar-refractivity contribution in [2.75, 3.05) is 6.79 Å². The largest absolute Gasteiger partial charge is 0.427 e. The summed E-state index contributed by atoms with van der Waals surface area (Å²) in [6.45, 7) is 8.20. The van der Waals surface area contributed by atoms with Gasteiger partial charge in [0, 0.05) is 4.75 Å². The van der Waals surface area contributed by atoms with Gasteiger partial charge in [-0.05, 0) is 40.2 Å². The number of carbonyl (C=O) groups excluding carboxylic acids is 4. The first-order valence-corrected chi connectivity index (χ1v) is 11.2. The first kappa shape index (κ1) is 32.3. The topological polar surface area (TPSA) is 223 Å². The molecule has 2 fully saturated rings. The van der Waals surface area contributed by atoms with Crippen molar-refractivity contribution >= 4 is 35.5 Å². The van der Waals surface area contributed by atoms with E-state index in [1.807, 2.05) is 19.9 Å². The Labute approximate surface area is 207 Å². The van der Waals surface area contributed by atoms with Crippen molar-refractivity contribution in [3.63, 3.8) is 0 Å². The maximum absolute atomic E-state index is 12.8. The molecule has 0 bridgehead atoms. The van der Waals surface area contributed by atoms with Crippen LogP contribution in [-0.2, 0) is 28.7 Å². The Morgan fingerprint density at radius 1 is 1.11 bits per heavy atom. The van der Waals surface area contributed by atoms with Gasteiger partial charge in [0.15, 0.2) is 0 Å². The molecule has 0 aromatic heterocycles. The number of amides is 2. The van der Waals surface area contributed by atoms with E-state index in [-0.39, 0.29) is 22.3 Å². The molecular weight excluding hydrogens is 482 g/mol. The van der Waals surface area contributed by atoms with Crippen LogP contribution in [0.5, 0.6) is 0 Å². The van der Waals surface area contributed by atoms with E-state index < -0.39 is 58.3 Å². The Hall–Kier alpha value is -2.71. The molecule has 13 heteroatoms. The number of benzene rings is 1. The van der Waals surface area contributed by atoms with Crippen LogP contribution in [0.4, 0.5) is 0 Å². The highest BCUT2D eigenvalue weighted by molar-refractivity contribution is 8.01. The van der Waals surface area contributed by atoms with Crippen LogP contribution < -0.4 is 11.1 Å². The molecule has 2 amide bonds. The summed E-state index contributed by atoms with van der Waals surface area (Å²) < 4.78 is 9.47. The summed E-state index contributed by atoms with van der Waals surface area (Å²) >= 11 is 1.40. The quantitative estimate of drug-likeness (QED) is 0.265. The van der Waals surface area contributed by atoms with Gasteiger partial charge in [-0.1, -0.05) is 30.3 Å². The van der Waals surface area contributed by atoms with E-state index in [1.165, 1.54) is 16.7 Å². The first-order valence-electron chi connectivity index (χ1n) is 10.3. The average Bonchev–Trinajstić information content (AvgIpc) is 2.98. The lowest BCUT2D eigenvalue weighted by atomic mass is 9.95. The zero-order valence-corrected chi connectivity index (χ0v) is 21.1. The van der Waals surface area contributed by atoms with Crippen molar-refractivity contribution in [3.8, 4) is 0 Å². The molecule has 0 aliphatic carbocycles. The number of nitrogens with two attached hydrogens (primary N) is 1. The summed E-state index contributed by atoms with van der Waals surface area (Å²) in [4.78, 5) is 51.4. The molecule has 12 nitrogen and oxygen atoms in total. The zero-order chi connectivity index (χ0) is 23.8. The Bertz CT molecular complexity index is 920. The Kier molecular flexibility index (Phi) is 10.9. The molecule has 9 N–H and O–H groups in total. The summed E-state index contributed by atoms with van der Waals surface area (Å²) in [5.41, 5.74) is 5.94. The molecule has 2 aliphatic heterocycles. The van der Waals surface area contributed by atoms with Crippen LogP contribution in [0, 0.1) is 5.41 Å². The van der Waals surface area contributed by atoms with Gasteiger partial charge in [0.1, 0.15) is 23.5 Å². The zero-order valence-electron chi connectivity index (χ0n) is 20.3. The van der Waals surface area contributed by atoms with Crippen LogP contribution in [0.25, 0.3) is 0 Å². The minimum Gasteiger partial charge on any atom is -0.427 e. The number of ether oxygens (including phenoxy) is 2. The number of hydrogen-bond acceptors (Lipinski definition) is 8. The number of nitrogens with one attached hydrogen (secondary N) is 1. The predicted octanol–water partition coefficient (Wildman–Crippen LogP) is -1.15. The monoisotopic (exact) mass is 517 g/mol. The lowest BCUT2D eigenvalue weighted by molar-refractivity contribution is -0.180. The first-order chi connectivity index (χ1) is 14.8. The second kappa shape index (κ2) is 11.8. The highest BCUT2D eigenvalue weighted by atomic mass is 32.2. The minimum absolute atomic E-state index is 0. The highest BCUT2D eigenvalue weighted by Crippen LogP contribution is 2.51. The standard InChI is InChI=1S/C22H29N3O6S.3H2O/c1-21(2,3)20(29)31-11-30-19(28)15-22(4,5)32-18-14(17(27)25(15)18)24-16(26)13(23)12-9-7-6-8-10-12;;;/h6-10,13-15,18H,11,23H2,1-5H3,(H,24,26);3*1H2/t13-,14-,15+,18-;;;/m1.../s1. The van der Waals surface area contributed by atoms with Crippen molar-refractivity contribution in [3.05, 3.63) is 35.9 Å². The molecule has 1 aromatic carbocycles. The van der Waals surface area contributed by atoms with Crippen molar-refractivity contribution in [2.45, 2.75) is 62.9 Å². The van der Waals surface area contributed by atoms with Crippen molar-refractivity contribution in [1.29, 1.82) is 0 Å². The van der Waals surface area contributed by atoms with E-state index in [0.29, 0.717) is 5.56 Å². The number of rotatable bonds is 6. The molecule has 2 saturated heterocycles. The number of hydrogen-bond donors (Lipinski definition) is 2. The van der Waals surface area contributed by atoms with Gasteiger partial charge in [0.2, 0.25) is 18.6 Å². The van der Waals surface area contributed by atoms with Crippen LogP contribution in [0.15, 0.2) is 30.3 Å². The number of carbonyl (C=O) groups is 4.